The Morgan fingerprint density at radius 2 is 1.21 bits per heavy atom. The van der Waals surface area contributed by atoms with E-state index in [1.165, 1.54) is 83.5 Å². The molecule has 0 aliphatic heterocycles. The van der Waals surface area contributed by atoms with Crippen molar-refractivity contribution in [3.63, 3.8) is 0 Å². The average molecular weight is 336 g/mol. The molecule has 0 aromatic heterocycles. The molecular weight excluding hydrogens is 290 g/mol. The van der Waals surface area contributed by atoms with Gasteiger partial charge in [0.2, 0.25) is 0 Å². The van der Waals surface area contributed by atoms with Gasteiger partial charge in [-0.05, 0) is 59.0 Å². The Morgan fingerprint density at radius 1 is 0.625 bits per heavy atom. The second kappa shape index (κ2) is 18.8. The third-order valence-electron chi connectivity index (χ3n) is 4.84. The topological polar surface area (TPSA) is 3.24 Å². The van der Waals surface area contributed by atoms with Gasteiger partial charge in [0.1, 0.15) is 0 Å². The molecule has 0 amide bonds. The summed E-state index contributed by atoms with van der Waals surface area (Å²) in [5.41, 5.74) is 0. The van der Waals surface area contributed by atoms with Crippen LogP contribution >= 0.6 is 0 Å². The van der Waals surface area contributed by atoms with Gasteiger partial charge in [0.05, 0.1) is 0 Å². The van der Waals surface area contributed by atoms with Crippen LogP contribution in [0.5, 0.6) is 0 Å². The standard InChI is InChI=1S/C23H45N/c1-5-7-8-9-10-11-12-13-14-15-16-17-18-19-20-22-23(21-6-2)24(3)4/h10-11,13-14,23H,5-9,12,15-22H2,1-4H3/b11-10+,14-13+. The Balaban J connectivity index is 3.36. The van der Waals surface area contributed by atoms with Gasteiger partial charge in [-0.25, -0.2) is 0 Å². The number of nitrogens with zero attached hydrogens (tertiary/aromatic N) is 1. The van der Waals surface area contributed by atoms with Gasteiger partial charge in [-0.2, -0.15) is 0 Å². The van der Waals surface area contributed by atoms with Crippen LogP contribution in [-0.4, -0.2) is 25.0 Å². The molecule has 0 aliphatic rings. The van der Waals surface area contributed by atoms with Crippen LogP contribution in [0.1, 0.15) is 104 Å². The van der Waals surface area contributed by atoms with Crippen LogP contribution in [0.2, 0.25) is 0 Å². The molecule has 0 aromatic rings. The fourth-order valence-corrected chi connectivity index (χ4v) is 3.19. The van der Waals surface area contributed by atoms with Crippen molar-refractivity contribution in [3.8, 4) is 0 Å². The SMILES string of the molecule is CCCCC/C=C/C/C=C/CCCCCCCC(CCC)N(C)C. The first-order valence-electron chi connectivity index (χ1n) is 10.7. The number of unbranched alkanes of at least 4 members (excludes halogenated alkanes) is 8. The Bertz CT molecular complexity index is 290. The zero-order valence-electron chi connectivity index (χ0n) is 17.2. The Kier molecular flexibility index (Phi) is 18.3. The van der Waals surface area contributed by atoms with Crippen molar-refractivity contribution in [1.82, 2.24) is 4.90 Å². The average Bonchev–Trinajstić information content (AvgIpc) is 2.57. The third kappa shape index (κ3) is 16.3. The molecule has 0 heterocycles. The van der Waals surface area contributed by atoms with E-state index >= 15 is 0 Å². The summed E-state index contributed by atoms with van der Waals surface area (Å²) in [6.45, 7) is 4.56. The van der Waals surface area contributed by atoms with Crippen molar-refractivity contribution in [2.75, 3.05) is 14.1 Å². The van der Waals surface area contributed by atoms with Gasteiger partial charge in [-0.15, -0.1) is 0 Å². The van der Waals surface area contributed by atoms with Crippen molar-refractivity contribution in [1.29, 1.82) is 0 Å². The normalized spacial score (nSPS) is 13.5. The van der Waals surface area contributed by atoms with Crippen LogP contribution in [0.15, 0.2) is 24.3 Å². The Morgan fingerprint density at radius 3 is 1.79 bits per heavy atom. The maximum Gasteiger partial charge on any atom is 0.00890 e. The maximum atomic E-state index is 2.41. The lowest BCUT2D eigenvalue weighted by molar-refractivity contribution is 0.256. The van der Waals surface area contributed by atoms with E-state index < -0.39 is 0 Å². The Labute approximate surface area is 153 Å². The summed E-state index contributed by atoms with van der Waals surface area (Å²) in [7, 11) is 4.46. The summed E-state index contributed by atoms with van der Waals surface area (Å²) >= 11 is 0. The van der Waals surface area contributed by atoms with Crippen molar-refractivity contribution in [2.24, 2.45) is 0 Å². The molecule has 24 heavy (non-hydrogen) atoms. The van der Waals surface area contributed by atoms with Gasteiger partial charge >= 0.3 is 0 Å². The fraction of sp³-hybridized carbons (Fsp3) is 0.826. The molecule has 0 fully saturated rings. The van der Waals surface area contributed by atoms with Crippen LogP contribution < -0.4 is 0 Å². The summed E-state index contributed by atoms with van der Waals surface area (Å²) in [5, 5.41) is 0. The fourth-order valence-electron chi connectivity index (χ4n) is 3.19. The second-order valence-corrected chi connectivity index (χ2v) is 7.43. The van der Waals surface area contributed by atoms with Gasteiger partial charge in [0.15, 0.2) is 0 Å². The van der Waals surface area contributed by atoms with Gasteiger partial charge in [0.25, 0.3) is 0 Å². The predicted octanol–water partition coefficient (Wildman–Crippen LogP) is 7.53. The zero-order chi connectivity index (χ0) is 17.9. The van der Waals surface area contributed by atoms with Gasteiger partial charge in [0, 0.05) is 6.04 Å². The van der Waals surface area contributed by atoms with E-state index in [9.17, 15) is 0 Å². The molecule has 0 saturated carbocycles. The van der Waals surface area contributed by atoms with Crippen LogP contribution in [0.25, 0.3) is 0 Å². The molecule has 1 heteroatoms. The summed E-state index contributed by atoms with van der Waals surface area (Å²) in [6, 6.07) is 0.799. The maximum absolute atomic E-state index is 2.41. The first-order valence-corrected chi connectivity index (χ1v) is 10.7. The summed E-state index contributed by atoms with van der Waals surface area (Å²) in [5.74, 6) is 0. The van der Waals surface area contributed by atoms with E-state index in [2.05, 4.69) is 57.1 Å². The molecule has 0 bridgehead atoms. The van der Waals surface area contributed by atoms with Crippen molar-refractivity contribution >= 4 is 0 Å². The monoisotopic (exact) mass is 335 g/mol. The molecular formula is C23H45N. The molecule has 0 aromatic carbocycles. The largest absolute Gasteiger partial charge is 0.306 e. The van der Waals surface area contributed by atoms with Crippen LogP contribution in [0.3, 0.4) is 0 Å². The molecule has 0 saturated heterocycles. The second-order valence-electron chi connectivity index (χ2n) is 7.43. The van der Waals surface area contributed by atoms with Crippen molar-refractivity contribution in [3.05, 3.63) is 24.3 Å². The van der Waals surface area contributed by atoms with Crippen LogP contribution in [0.4, 0.5) is 0 Å². The van der Waals surface area contributed by atoms with Gasteiger partial charge in [-0.1, -0.05) is 83.1 Å². The van der Waals surface area contributed by atoms with E-state index in [0.29, 0.717) is 0 Å². The van der Waals surface area contributed by atoms with Gasteiger partial charge < -0.3 is 4.90 Å². The first-order chi connectivity index (χ1) is 11.7. The highest BCUT2D eigenvalue weighted by Gasteiger charge is 2.08. The summed E-state index contributed by atoms with van der Waals surface area (Å²) in [4.78, 5) is 2.41. The highest BCUT2D eigenvalue weighted by atomic mass is 15.1. The number of rotatable bonds is 17. The molecule has 1 nitrogen and oxygen atoms in total. The van der Waals surface area contributed by atoms with Crippen molar-refractivity contribution in [2.45, 2.75) is 110 Å². The van der Waals surface area contributed by atoms with Gasteiger partial charge in [-0.3, -0.25) is 0 Å². The van der Waals surface area contributed by atoms with Crippen molar-refractivity contribution < 1.29 is 0 Å². The number of hydrogen-bond donors (Lipinski definition) is 0. The molecule has 0 rings (SSSR count). The van der Waals surface area contributed by atoms with E-state index in [4.69, 9.17) is 0 Å². The Hall–Kier alpha value is -0.560. The molecule has 0 radical (unpaired) electrons. The molecule has 0 N–H and O–H groups in total. The minimum absolute atomic E-state index is 0.799. The lowest BCUT2D eigenvalue weighted by Crippen LogP contribution is -2.27. The van der Waals surface area contributed by atoms with E-state index in [1.54, 1.807) is 0 Å². The summed E-state index contributed by atoms with van der Waals surface area (Å²) < 4.78 is 0. The van der Waals surface area contributed by atoms with Crippen LogP contribution in [0, 0.1) is 0 Å². The summed E-state index contributed by atoms with van der Waals surface area (Å²) in [6.07, 6.45) is 28.1. The predicted molar refractivity (Wildman–Crippen MR) is 112 cm³/mol. The van der Waals surface area contributed by atoms with E-state index in [-0.39, 0.29) is 0 Å². The molecule has 0 spiro atoms. The smallest absolute Gasteiger partial charge is 0.00890 e. The zero-order valence-corrected chi connectivity index (χ0v) is 17.2. The molecule has 1 unspecified atom stereocenters. The highest BCUT2D eigenvalue weighted by molar-refractivity contribution is 4.92. The van der Waals surface area contributed by atoms with E-state index in [0.717, 1.165) is 12.5 Å². The molecule has 1 atom stereocenters. The number of hydrogen-bond acceptors (Lipinski definition) is 1. The molecule has 142 valence electrons. The first kappa shape index (κ1) is 23.4. The van der Waals surface area contributed by atoms with Crippen LogP contribution in [-0.2, 0) is 0 Å². The highest BCUT2D eigenvalue weighted by Crippen LogP contribution is 2.14. The lowest BCUT2D eigenvalue weighted by atomic mass is 10.0. The number of allylic oxidation sites excluding steroid dienone is 4. The third-order valence-corrected chi connectivity index (χ3v) is 4.84. The van der Waals surface area contributed by atoms with E-state index in [1.807, 2.05) is 0 Å². The minimum Gasteiger partial charge on any atom is -0.306 e. The lowest BCUT2D eigenvalue weighted by Gasteiger charge is -2.23. The minimum atomic E-state index is 0.799. The molecule has 0 aliphatic carbocycles. The quantitative estimate of drug-likeness (QED) is 0.196.